The molecule has 3 N–H and O–H groups in total. The van der Waals surface area contributed by atoms with Crippen molar-refractivity contribution >= 4 is 18.0 Å². The molecule has 0 heterocycles. The zero-order valence-electron chi connectivity index (χ0n) is 7.70. The second-order valence-corrected chi connectivity index (χ2v) is 2.23. The fourth-order valence-electron chi connectivity index (χ4n) is 0.583. The van der Waals surface area contributed by atoms with Crippen molar-refractivity contribution in [1.82, 2.24) is 10.6 Å². The van der Waals surface area contributed by atoms with Gasteiger partial charge < -0.3 is 20.5 Å². The number of hydrogen-bond acceptors (Lipinski definition) is 4. The molecular formula is C7H12N2O5. The van der Waals surface area contributed by atoms with Crippen molar-refractivity contribution in [3.05, 3.63) is 0 Å². The molecule has 0 aliphatic carbocycles. The minimum absolute atomic E-state index is 0.233. The van der Waals surface area contributed by atoms with Gasteiger partial charge >= 0.3 is 18.0 Å². The summed E-state index contributed by atoms with van der Waals surface area (Å²) in [6.45, 7) is 1.10. The zero-order chi connectivity index (χ0) is 11.0. The number of esters is 1. The predicted octanol–water partition coefficient (Wildman–Crippen LogP) is -1.07. The van der Waals surface area contributed by atoms with E-state index in [1.54, 1.807) is 6.92 Å². The second kappa shape index (κ2) is 6.70. The van der Waals surface area contributed by atoms with Crippen molar-refractivity contribution in [2.24, 2.45) is 0 Å². The largest absolute Gasteiger partial charge is 0.480 e. The van der Waals surface area contributed by atoms with Gasteiger partial charge in [0.05, 0.1) is 6.61 Å². The molecule has 0 spiro atoms. The summed E-state index contributed by atoms with van der Waals surface area (Å²) in [4.78, 5) is 31.5. The maximum absolute atomic E-state index is 10.8. The van der Waals surface area contributed by atoms with E-state index in [4.69, 9.17) is 5.11 Å². The topological polar surface area (TPSA) is 105 Å². The van der Waals surface area contributed by atoms with Crippen LogP contribution in [0.2, 0.25) is 0 Å². The van der Waals surface area contributed by atoms with Gasteiger partial charge in [-0.15, -0.1) is 0 Å². The molecule has 0 radical (unpaired) electrons. The molecule has 0 aliphatic heterocycles. The van der Waals surface area contributed by atoms with Crippen LogP contribution in [0.25, 0.3) is 0 Å². The number of amides is 2. The Morgan fingerprint density at radius 1 is 1.21 bits per heavy atom. The number of hydrogen-bond donors (Lipinski definition) is 3. The van der Waals surface area contributed by atoms with Crippen molar-refractivity contribution in [3.63, 3.8) is 0 Å². The fraction of sp³-hybridized carbons (Fsp3) is 0.571. The van der Waals surface area contributed by atoms with Crippen LogP contribution in [-0.4, -0.2) is 42.8 Å². The minimum atomic E-state index is -1.16. The number of carbonyl (C=O) groups excluding carboxylic acids is 2. The lowest BCUT2D eigenvalue weighted by atomic mass is 10.6. The third-order valence-electron chi connectivity index (χ3n) is 1.10. The van der Waals surface area contributed by atoms with Gasteiger partial charge in [0.25, 0.3) is 0 Å². The third-order valence-corrected chi connectivity index (χ3v) is 1.10. The maximum Gasteiger partial charge on any atom is 0.325 e. The number of rotatable bonds is 5. The van der Waals surface area contributed by atoms with Crippen molar-refractivity contribution in [3.8, 4) is 0 Å². The monoisotopic (exact) mass is 204 g/mol. The molecule has 0 bridgehead atoms. The normalized spacial score (nSPS) is 8.93. The molecule has 0 atom stereocenters. The first-order valence-corrected chi connectivity index (χ1v) is 3.95. The molecule has 0 aliphatic rings. The number of carboxylic acids is 1. The number of aliphatic carboxylic acids is 1. The van der Waals surface area contributed by atoms with E-state index in [0.29, 0.717) is 0 Å². The van der Waals surface area contributed by atoms with Gasteiger partial charge in [-0.05, 0) is 6.92 Å². The summed E-state index contributed by atoms with van der Waals surface area (Å²) < 4.78 is 4.52. The summed E-state index contributed by atoms with van der Waals surface area (Å²) in [6.07, 6.45) is 0. The molecule has 0 aromatic carbocycles. The predicted molar refractivity (Wildman–Crippen MR) is 45.7 cm³/mol. The molecule has 0 saturated heterocycles. The number of urea groups is 1. The molecule has 80 valence electrons. The summed E-state index contributed by atoms with van der Waals surface area (Å²) in [5, 5.41) is 12.3. The SMILES string of the molecule is CCOC(=O)CNC(=O)NCC(=O)O. The zero-order valence-corrected chi connectivity index (χ0v) is 7.70. The number of ether oxygens (including phenoxy) is 1. The Morgan fingerprint density at radius 3 is 2.29 bits per heavy atom. The maximum atomic E-state index is 10.8. The van der Waals surface area contributed by atoms with E-state index in [1.165, 1.54) is 0 Å². The summed E-state index contributed by atoms with van der Waals surface area (Å²) in [5.74, 6) is -1.73. The standard InChI is InChI=1S/C7H12N2O5/c1-2-14-6(12)4-9-7(13)8-3-5(10)11/h2-4H2,1H3,(H,10,11)(H2,8,9,13). The van der Waals surface area contributed by atoms with Crippen LogP contribution in [0.3, 0.4) is 0 Å². The van der Waals surface area contributed by atoms with E-state index in [1.807, 2.05) is 5.32 Å². The van der Waals surface area contributed by atoms with Crippen LogP contribution in [0.1, 0.15) is 6.92 Å². The lowest BCUT2D eigenvalue weighted by molar-refractivity contribution is -0.141. The molecule has 14 heavy (non-hydrogen) atoms. The highest BCUT2D eigenvalue weighted by atomic mass is 16.5. The average molecular weight is 204 g/mol. The Hall–Kier alpha value is -1.79. The number of nitrogens with one attached hydrogen (secondary N) is 2. The second-order valence-electron chi connectivity index (χ2n) is 2.23. The van der Waals surface area contributed by atoms with Gasteiger partial charge in [-0.1, -0.05) is 0 Å². The first-order chi connectivity index (χ1) is 6.56. The molecule has 0 aromatic rings. The molecular weight excluding hydrogens is 192 g/mol. The van der Waals surface area contributed by atoms with Gasteiger partial charge in [-0.3, -0.25) is 9.59 Å². The van der Waals surface area contributed by atoms with Gasteiger partial charge in [0, 0.05) is 0 Å². The smallest absolute Gasteiger partial charge is 0.325 e. The lowest BCUT2D eigenvalue weighted by Gasteiger charge is -2.04. The van der Waals surface area contributed by atoms with Crippen molar-refractivity contribution in [2.45, 2.75) is 6.92 Å². The molecule has 0 unspecified atom stereocenters. The molecule has 7 heteroatoms. The average Bonchev–Trinajstić information content (AvgIpc) is 2.12. The summed E-state index contributed by atoms with van der Waals surface area (Å²) in [6, 6.07) is -0.722. The molecule has 0 aromatic heterocycles. The first-order valence-electron chi connectivity index (χ1n) is 3.95. The van der Waals surface area contributed by atoms with E-state index in [9.17, 15) is 14.4 Å². The molecule has 0 rings (SSSR count). The van der Waals surface area contributed by atoms with E-state index in [-0.39, 0.29) is 13.2 Å². The molecule has 2 amide bonds. The van der Waals surface area contributed by atoms with Crippen LogP contribution in [0.15, 0.2) is 0 Å². The summed E-state index contributed by atoms with van der Waals surface area (Å²) in [5.41, 5.74) is 0. The highest BCUT2D eigenvalue weighted by molar-refractivity contribution is 5.83. The van der Waals surface area contributed by atoms with E-state index < -0.39 is 24.5 Å². The number of carbonyl (C=O) groups is 3. The van der Waals surface area contributed by atoms with Crippen LogP contribution >= 0.6 is 0 Å². The Bertz CT molecular complexity index is 228. The minimum Gasteiger partial charge on any atom is -0.480 e. The summed E-state index contributed by atoms with van der Waals surface area (Å²) in [7, 11) is 0. The highest BCUT2D eigenvalue weighted by Gasteiger charge is 2.06. The van der Waals surface area contributed by atoms with Gasteiger partial charge in [0.15, 0.2) is 0 Å². The van der Waals surface area contributed by atoms with Crippen LogP contribution < -0.4 is 10.6 Å². The Morgan fingerprint density at radius 2 is 1.79 bits per heavy atom. The fourth-order valence-corrected chi connectivity index (χ4v) is 0.583. The van der Waals surface area contributed by atoms with Gasteiger partial charge in [0.2, 0.25) is 0 Å². The highest BCUT2D eigenvalue weighted by Crippen LogP contribution is 1.75. The van der Waals surface area contributed by atoms with Gasteiger partial charge in [0.1, 0.15) is 13.1 Å². The Balaban J connectivity index is 3.53. The van der Waals surface area contributed by atoms with E-state index in [2.05, 4.69) is 10.1 Å². The van der Waals surface area contributed by atoms with E-state index in [0.717, 1.165) is 0 Å². The van der Waals surface area contributed by atoms with Crippen LogP contribution in [0.5, 0.6) is 0 Å². The van der Waals surface area contributed by atoms with Gasteiger partial charge in [-0.25, -0.2) is 4.79 Å². The van der Waals surface area contributed by atoms with E-state index >= 15 is 0 Å². The first kappa shape index (κ1) is 12.2. The Labute approximate surface area is 80.4 Å². The van der Waals surface area contributed by atoms with Crippen LogP contribution in [-0.2, 0) is 14.3 Å². The Kier molecular flexibility index (Phi) is 5.84. The quantitative estimate of drug-likeness (QED) is 0.495. The summed E-state index contributed by atoms with van der Waals surface area (Å²) >= 11 is 0. The lowest BCUT2D eigenvalue weighted by Crippen LogP contribution is -2.41. The third kappa shape index (κ3) is 6.89. The molecule has 7 nitrogen and oxygen atoms in total. The number of carboxylic acid groups (broad SMARTS) is 1. The van der Waals surface area contributed by atoms with Crippen molar-refractivity contribution in [1.29, 1.82) is 0 Å². The van der Waals surface area contributed by atoms with Crippen LogP contribution in [0.4, 0.5) is 4.79 Å². The van der Waals surface area contributed by atoms with Crippen molar-refractivity contribution in [2.75, 3.05) is 19.7 Å². The van der Waals surface area contributed by atoms with Gasteiger partial charge in [-0.2, -0.15) is 0 Å². The molecule has 0 fully saturated rings. The van der Waals surface area contributed by atoms with Crippen molar-refractivity contribution < 1.29 is 24.2 Å². The molecule has 0 saturated carbocycles. The van der Waals surface area contributed by atoms with Crippen LogP contribution in [0, 0.1) is 0 Å².